The van der Waals surface area contributed by atoms with Crippen molar-refractivity contribution >= 4 is 27.5 Å². The predicted molar refractivity (Wildman–Crippen MR) is 67.0 cm³/mol. The van der Waals surface area contributed by atoms with Crippen LogP contribution < -0.4 is 10.5 Å². The zero-order valence-corrected chi connectivity index (χ0v) is 11.5. The summed E-state index contributed by atoms with van der Waals surface area (Å²) in [5.74, 6) is -1.75. The molecular formula is C10H12ClFN2O4S. The van der Waals surface area contributed by atoms with Crippen molar-refractivity contribution in [1.29, 1.82) is 0 Å². The zero-order chi connectivity index (χ0) is 14.6. The maximum Gasteiger partial charge on any atom is 0.253 e. The van der Waals surface area contributed by atoms with E-state index in [0.29, 0.717) is 6.07 Å². The van der Waals surface area contributed by atoms with Crippen molar-refractivity contribution in [2.24, 2.45) is 5.14 Å². The van der Waals surface area contributed by atoms with Crippen LogP contribution in [0.15, 0.2) is 17.0 Å². The van der Waals surface area contributed by atoms with Crippen molar-refractivity contribution in [3.63, 3.8) is 0 Å². The van der Waals surface area contributed by atoms with Gasteiger partial charge in [0.2, 0.25) is 10.0 Å². The Morgan fingerprint density at radius 1 is 1.53 bits per heavy atom. The number of sulfonamides is 1. The van der Waals surface area contributed by atoms with Gasteiger partial charge in [-0.05, 0) is 12.1 Å². The van der Waals surface area contributed by atoms with Gasteiger partial charge in [-0.1, -0.05) is 11.6 Å². The van der Waals surface area contributed by atoms with Crippen LogP contribution in [-0.2, 0) is 14.8 Å². The maximum atomic E-state index is 13.5. The number of nitrogens with one attached hydrogen (secondary N) is 1. The zero-order valence-electron chi connectivity index (χ0n) is 9.94. The number of amides is 1. The molecule has 1 rings (SSSR count). The van der Waals surface area contributed by atoms with Crippen LogP contribution in [-0.4, -0.2) is 34.6 Å². The molecule has 0 aliphatic carbocycles. The van der Waals surface area contributed by atoms with Gasteiger partial charge in [0.05, 0.1) is 22.1 Å². The highest BCUT2D eigenvalue weighted by atomic mass is 35.5. The van der Waals surface area contributed by atoms with Gasteiger partial charge in [-0.15, -0.1) is 0 Å². The summed E-state index contributed by atoms with van der Waals surface area (Å²) in [6.45, 7) is 0.424. The number of hydrogen-bond donors (Lipinski definition) is 2. The molecule has 6 nitrogen and oxygen atoms in total. The molecule has 0 saturated carbocycles. The molecule has 0 saturated heterocycles. The number of hydrogen-bond acceptors (Lipinski definition) is 4. The Labute approximate surface area is 114 Å². The molecule has 106 valence electrons. The van der Waals surface area contributed by atoms with Crippen LogP contribution in [0.3, 0.4) is 0 Å². The molecule has 0 atom stereocenters. The molecule has 0 unspecified atom stereocenters. The van der Waals surface area contributed by atoms with E-state index >= 15 is 0 Å². The van der Waals surface area contributed by atoms with Gasteiger partial charge in [-0.25, -0.2) is 17.9 Å². The number of rotatable bonds is 5. The Balaban J connectivity index is 3.13. The fourth-order valence-electron chi connectivity index (χ4n) is 1.26. The first-order valence-corrected chi connectivity index (χ1v) is 6.98. The van der Waals surface area contributed by atoms with E-state index in [9.17, 15) is 17.6 Å². The van der Waals surface area contributed by atoms with E-state index in [1.807, 2.05) is 0 Å². The van der Waals surface area contributed by atoms with Gasteiger partial charge in [0.15, 0.2) is 0 Å². The fourth-order valence-corrected chi connectivity index (χ4v) is 2.00. The van der Waals surface area contributed by atoms with E-state index in [0.717, 1.165) is 6.07 Å². The minimum Gasteiger partial charge on any atom is -0.383 e. The van der Waals surface area contributed by atoms with E-state index in [4.69, 9.17) is 21.5 Å². The van der Waals surface area contributed by atoms with Crippen LogP contribution in [0.2, 0.25) is 5.02 Å². The fraction of sp³-hybridized carbons (Fsp3) is 0.300. The smallest absolute Gasteiger partial charge is 0.253 e. The lowest BCUT2D eigenvalue weighted by Gasteiger charge is -2.08. The molecule has 0 aromatic heterocycles. The van der Waals surface area contributed by atoms with Crippen LogP contribution in [0.4, 0.5) is 4.39 Å². The first-order chi connectivity index (χ1) is 8.77. The summed E-state index contributed by atoms with van der Waals surface area (Å²) in [7, 11) is -2.68. The molecule has 1 aromatic carbocycles. The number of nitrogens with two attached hydrogens (primary N) is 1. The average molecular weight is 311 g/mol. The molecule has 0 aliphatic rings. The molecule has 0 heterocycles. The molecular weight excluding hydrogens is 299 g/mol. The molecule has 0 spiro atoms. The lowest BCUT2D eigenvalue weighted by Crippen LogP contribution is -2.27. The van der Waals surface area contributed by atoms with Crippen molar-refractivity contribution in [2.45, 2.75) is 4.90 Å². The molecule has 0 radical (unpaired) electrons. The third kappa shape index (κ3) is 4.13. The minimum absolute atomic E-state index is 0.173. The van der Waals surface area contributed by atoms with Crippen molar-refractivity contribution in [1.82, 2.24) is 5.32 Å². The largest absolute Gasteiger partial charge is 0.383 e. The average Bonchev–Trinajstić information content (AvgIpc) is 2.31. The van der Waals surface area contributed by atoms with Gasteiger partial charge in [0.25, 0.3) is 5.91 Å². The Morgan fingerprint density at radius 2 is 2.16 bits per heavy atom. The van der Waals surface area contributed by atoms with E-state index in [1.54, 1.807) is 0 Å². The van der Waals surface area contributed by atoms with Gasteiger partial charge < -0.3 is 10.1 Å². The molecule has 19 heavy (non-hydrogen) atoms. The number of carbonyl (C=O) groups excluding carboxylic acids is 1. The van der Waals surface area contributed by atoms with E-state index in [2.05, 4.69) is 5.32 Å². The van der Waals surface area contributed by atoms with Crippen molar-refractivity contribution in [3.05, 3.63) is 28.5 Å². The minimum atomic E-state index is -4.13. The summed E-state index contributed by atoms with van der Waals surface area (Å²) in [6, 6.07) is 1.58. The number of halogens is 2. The van der Waals surface area contributed by atoms with Gasteiger partial charge in [-0.3, -0.25) is 4.79 Å². The van der Waals surface area contributed by atoms with Gasteiger partial charge in [0, 0.05) is 13.7 Å². The van der Waals surface area contributed by atoms with Gasteiger partial charge >= 0.3 is 0 Å². The summed E-state index contributed by atoms with van der Waals surface area (Å²) >= 11 is 5.62. The highest BCUT2D eigenvalue weighted by Gasteiger charge is 2.19. The summed E-state index contributed by atoms with van der Waals surface area (Å²) < 4.78 is 40.5. The van der Waals surface area contributed by atoms with E-state index < -0.39 is 31.7 Å². The SMILES string of the molecule is COCCNC(=O)c1cc(S(N)(=O)=O)cc(F)c1Cl. The summed E-state index contributed by atoms with van der Waals surface area (Å²) in [6.07, 6.45) is 0. The summed E-state index contributed by atoms with van der Waals surface area (Å²) in [4.78, 5) is 11.2. The van der Waals surface area contributed by atoms with E-state index in [1.165, 1.54) is 7.11 Å². The van der Waals surface area contributed by atoms with Crippen LogP contribution in [0, 0.1) is 5.82 Å². The van der Waals surface area contributed by atoms with Crippen molar-refractivity contribution in [2.75, 3.05) is 20.3 Å². The normalized spacial score (nSPS) is 11.4. The number of ether oxygens (including phenoxy) is 1. The highest BCUT2D eigenvalue weighted by molar-refractivity contribution is 7.89. The van der Waals surface area contributed by atoms with Gasteiger partial charge in [-0.2, -0.15) is 0 Å². The van der Waals surface area contributed by atoms with Crippen molar-refractivity contribution < 1.29 is 22.3 Å². The Morgan fingerprint density at radius 3 is 2.68 bits per heavy atom. The topological polar surface area (TPSA) is 98.5 Å². The molecule has 1 amide bonds. The second kappa shape index (κ2) is 6.29. The molecule has 1 aromatic rings. The van der Waals surface area contributed by atoms with Crippen LogP contribution in [0.1, 0.15) is 10.4 Å². The van der Waals surface area contributed by atoms with Crippen LogP contribution >= 0.6 is 11.6 Å². The van der Waals surface area contributed by atoms with Crippen molar-refractivity contribution in [3.8, 4) is 0 Å². The number of primary sulfonamides is 1. The Kier molecular flexibility index (Phi) is 5.24. The number of carbonyl (C=O) groups is 1. The number of benzene rings is 1. The highest BCUT2D eigenvalue weighted by Crippen LogP contribution is 2.23. The Bertz CT molecular complexity index is 591. The molecule has 0 fully saturated rings. The quantitative estimate of drug-likeness (QED) is 0.774. The second-order valence-electron chi connectivity index (χ2n) is 3.56. The maximum absolute atomic E-state index is 13.5. The summed E-state index contributed by atoms with van der Waals surface area (Å²) in [5, 5.41) is 6.80. The second-order valence-corrected chi connectivity index (χ2v) is 5.50. The lowest BCUT2D eigenvalue weighted by atomic mass is 10.2. The molecule has 0 aliphatic heterocycles. The predicted octanol–water partition coefficient (Wildman–Crippen LogP) is 0.503. The third-order valence-corrected chi connectivity index (χ3v) is 3.44. The molecule has 0 bridgehead atoms. The first kappa shape index (κ1) is 15.8. The first-order valence-electron chi connectivity index (χ1n) is 5.06. The van der Waals surface area contributed by atoms with E-state index in [-0.39, 0.29) is 18.7 Å². The lowest BCUT2D eigenvalue weighted by molar-refractivity contribution is 0.0936. The number of methoxy groups -OCH3 is 1. The monoisotopic (exact) mass is 310 g/mol. The van der Waals surface area contributed by atoms with Crippen LogP contribution in [0.25, 0.3) is 0 Å². The Hall–Kier alpha value is -1.22. The summed E-state index contributed by atoms with van der Waals surface area (Å²) in [5.41, 5.74) is -0.304. The molecule has 3 N–H and O–H groups in total. The van der Waals surface area contributed by atoms with Crippen LogP contribution in [0.5, 0.6) is 0 Å². The third-order valence-electron chi connectivity index (χ3n) is 2.17. The molecule has 9 heteroatoms. The van der Waals surface area contributed by atoms with Gasteiger partial charge in [0.1, 0.15) is 5.82 Å². The standard InChI is InChI=1S/C10H12ClFN2O4S/c1-18-3-2-14-10(15)7-4-6(19(13,16)17)5-8(12)9(7)11/h4-5H,2-3H2,1H3,(H,14,15)(H2,13,16,17).